The Labute approximate surface area is 209 Å². The van der Waals surface area contributed by atoms with Gasteiger partial charge in [0.05, 0.1) is 5.92 Å². The number of benzene rings is 2. The molecule has 1 aliphatic carbocycles. The molecule has 2 aromatic rings. The third-order valence-electron chi connectivity index (χ3n) is 8.57. The second-order valence-corrected chi connectivity index (χ2v) is 10.9. The predicted molar refractivity (Wildman–Crippen MR) is 138 cm³/mol. The maximum absolute atomic E-state index is 13.1. The van der Waals surface area contributed by atoms with E-state index in [0.717, 1.165) is 44.8 Å². The molecule has 0 unspecified atom stereocenters. The van der Waals surface area contributed by atoms with E-state index in [-0.39, 0.29) is 17.7 Å². The van der Waals surface area contributed by atoms with Crippen molar-refractivity contribution < 1.29 is 14.7 Å². The van der Waals surface area contributed by atoms with Crippen molar-refractivity contribution in [3.8, 4) is 11.1 Å². The molecule has 0 bridgehead atoms. The van der Waals surface area contributed by atoms with Crippen LogP contribution in [0.4, 0.5) is 0 Å². The molecule has 2 fully saturated rings. The summed E-state index contributed by atoms with van der Waals surface area (Å²) in [5, 5.41) is 9.37. The molecule has 5 rings (SSSR count). The molecule has 2 aromatic carbocycles. The minimum absolute atomic E-state index is 0.141. The van der Waals surface area contributed by atoms with Gasteiger partial charge in [-0.05, 0) is 86.2 Å². The first-order valence-corrected chi connectivity index (χ1v) is 13.4. The van der Waals surface area contributed by atoms with Crippen LogP contribution in [-0.2, 0) is 29.0 Å². The van der Waals surface area contributed by atoms with Crippen LogP contribution in [-0.4, -0.2) is 52.5 Å². The van der Waals surface area contributed by atoms with Gasteiger partial charge in [0.2, 0.25) is 5.91 Å². The van der Waals surface area contributed by atoms with Gasteiger partial charge in [-0.3, -0.25) is 9.59 Å². The first-order valence-electron chi connectivity index (χ1n) is 13.4. The monoisotopic (exact) mass is 474 g/mol. The van der Waals surface area contributed by atoms with Gasteiger partial charge in [-0.15, -0.1) is 0 Å². The highest BCUT2D eigenvalue weighted by Gasteiger charge is 2.34. The third kappa shape index (κ3) is 5.45. The van der Waals surface area contributed by atoms with Crippen molar-refractivity contribution >= 4 is 11.9 Å². The zero-order valence-electron chi connectivity index (χ0n) is 20.9. The maximum atomic E-state index is 13.1. The van der Waals surface area contributed by atoms with E-state index in [1.165, 1.54) is 47.2 Å². The summed E-state index contributed by atoms with van der Waals surface area (Å²) < 4.78 is 0. The Kier molecular flexibility index (Phi) is 7.24. The molecule has 3 atom stereocenters. The molecule has 0 radical (unpaired) electrons. The fourth-order valence-corrected chi connectivity index (χ4v) is 6.28. The SMILES string of the molecule is C[C@@H]1CCCN1CCc1ccc(-c2ccc3c(c2)CCN(C(=O)[C@@H]2CCC[C@H](C(=O)O)C2)C3)cc1. The molecule has 5 nitrogen and oxygen atoms in total. The Balaban J connectivity index is 1.20. The summed E-state index contributed by atoms with van der Waals surface area (Å²) in [6.45, 7) is 6.08. The first kappa shape index (κ1) is 24.1. The normalized spacial score (nSPS) is 24.8. The number of carboxylic acid groups (broad SMARTS) is 1. The fourth-order valence-electron chi connectivity index (χ4n) is 6.28. The molecule has 2 aliphatic heterocycles. The lowest BCUT2D eigenvalue weighted by atomic mass is 9.80. The number of aliphatic carboxylic acids is 1. The number of likely N-dealkylation sites (tertiary alicyclic amines) is 1. The average Bonchev–Trinajstić information content (AvgIpc) is 3.31. The lowest BCUT2D eigenvalue weighted by Crippen LogP contribution is -2.41. The van der Waals surface area contributed by atoms with Crippen LogP contribution in [0.3, 0.4) is 0 Å². The topological polar surface area (TPSA) is 60.9 Å². The highest BCUT2D eigenvalue weighted by Crippen LogP contribution is 2.33. The Morgan fingerprint density at radius 3 is 2.43 bits per heavy atom. The van der Waals surface area contributed by atoms with E-state index in [1.807, 2.05) is 4.90 Å². The van der Waals surface area contributed by atoms with Crippen molar-refractivity contribution in [1.29, 1.82) is 0 Å². The van der Waals surface area contributed by atoms with Crippen molar-refractivity contribution in [2.45, 2.75) is 70.9 Å². The molecule has 3 aliphatic rings. The Bertz CT molecular complexity index is 1060. The number of carboxylic acids is 1. The molecule has 0 aromatic heterocycles. The van der Waals surface area contributed by atoms with Gasteiger partial charge in [0, 0.05) is 31.6 Å². The molecule has 5 heteroatoms. The molecule has 2 heterocycles. The minimum atomic E-state index is -0.756. The number of nitrogens with zero attached hydrogens (tertiary/aromatic N) is 2. The number of carbonyl (C=O) groups is 2. The van der Waals surface area contributed by atoms with E-state index in [9.17, 15) is 14.7 Å². The molecule has 186 valence electrons. The average molecular weight is 475 g/mol. The highest BCUT2D eigenvalue weighted by molar-refractivity contribution is 5.80. The van der Waals surface area contributed by atoms with Crippen molar-refractivity contribution in [3.63, 3.8) is 0 Å². The van der Waals surface area contributed by atoms with Crippen LogP contribution in [0.25, 0.3) is 11.1 Å². The predicted octanol–water partition coefficient (Wildman–Crippen LogP) is 5.16. The van der Waals surface area contributed by atoms with Crippen LogP contribution in [0.2, 0.25) is 0 Å². The number of fused-ring (bicyclic) bond motifs is 1. The van der Waals surface area contributed by atoms with Gasteiger partial charge in [0.15, 0.2) is 0 Å². The lowest BCUT2D eigenvalue weighted by Gasteiger charge is -2.34. The molecule has 35 heavy (non-hydrogen) atoms. The number of hydrogen-bond acceptors (Lipinski definition) is 3. The second-order valence-electron chi connectivity index (χ2n) is 10.9. The van der Waals surface area contributed by atoms with Crippen LogP contribution in [0.5, 0.6) is 0 Å². The number of hydrogen-bond donors (Lipinski definition) is 1. The molecule has 1 saturated heterocycles. The van der Waals surface area contributed by atoms with Gasteiger partial charge in [-0.1, -0.05) is 48.9 Å². The summed E-state index contributed by atoms with van der Waals surface area (Å²) in [5.41, 5.74) is 6.42. The summed E-state index contributed by atoms with van der Waals surface area (Å²) in [4.78, 5) is 29.1. The van der Waals surface area contributed by atoms with E-state index >= 15 is 0 Å². The summed E-state index contributed by atoms with van der Waals surface area (Å²) >= 11 is 0. The smallest absolute Gasteiger partial charge is 0.306 e. The van der Waals surface area contributed by atoms with Crippen LogP contribution < -0.4 is 0 Å². The van der Waals surface area contributed by atoms with Crippen LogP contribution in [0, 0.1) is 11.8 Å². The molecule has 0 spiro atoms. The van der Waals surface area contributed by atoms with Gasteiger partial charge < -0.3 is 14.9 Å². The van der Waals surface area contributed by atoms with Gasteiger partial charge in [-0.2, -0.15) is 0 Å². The second kappa shape index (κ2) is 10.5. The molecular weight excluding hydrogens is 436 g/mol. The maximum Gasteiger partial charge on any atom is 0.306 e. The summed E-state index contributed by atoms with van der Waals surface area (Å²) in [5.74, 6) is -1.12. The van der Waals surface area contributed by atoms with Gasteiger partial charge >= 0.3 is 5.97 Å². The molecular formula is C30H38N2O3. The van der Waals surface area contributed by atoms with Crippen LogP contribution >= 0.6 is 0 Å². The van der Waals surface area contributed by atoms with Crippen LogP contribution in [0.1, 0.15) is 62.1 Å². The van der Waals surface area contributed by atoms with Gasteiger partial charge in [0.1, 0.15) is 0 Å². The number of amides is 1. The molecule has 1 N–H and O–H groups in total. The Morgan fingerprint density at radius 1 is 0.914 bits per heavy atom. The summed E-state index contributed by atoms with van der Waals surface area (Å²) in [7, 11) is 0. The fraction of sp³-hybridized carbons (Fsp3) is 0.533. The highest BCUT2D eigenvalue weighted by atomic mass is 16.4. The lowest BCUT2D eigenvalue weighted by molar-refractivity contribution is -0.145. The van der Waals surface area contributed by atoms with Gasteiger partial charge in [-0.25, -0.2) is 0 Å². The standard InChI is InChI=1S/C30H38N2O3/c1-21-4-3-15-31(21)16-13-22-7-9-23(10-8-22)24-11-12-28-20-32(17-14-25(28)18-24)29(33)26-5-2-6-27(19-26)30(34)35/h7-12,18,21,26-27H,2-6,13-17,19-20H2,1H3,(H,34,35)/t21-,26-,27+/m1/s1. The summed E-state index contributed by atoms with van der Waals surface area (Å²) in [6, 6.07) is 16.4. The zero-order valence-corrected chi connectivity index (χ0v) is 20.9. The van der Waals surface area contributed by atoms with E-state index in [0.29, 0.717) is 19.4 Å². The number of rotatable bonds is 6. The third-order valence-corrected chi connectivity index (χ3v) is 8.57. The number of carbonyl (C=O) groups excluding carboxylic acids is 1. The van der Waals surface area contributed by atoms with E-state index in [2.05, 4.69) is 54.3 Å². The van der Waals surface area contributed by atoms with E-state index in [1.54, 1.807) is 0 Å². The van der Waals surface area contributed by atoms with Crippen molar-refractivity contribution in [2.75, 3.05) is 19.6 Å². The Morgan fingerprint density at radius 2 is 1.69 bits per heavy atom. The molecule has 1 saturated carbocycles. The Hall–Kier alpha value is -2.66. The van der Waals surface area contributed by atoms with Gasteiger partial charge in [0.25, 0.3) is 0 Å². The van der Waals surface area contributed by atoms with Crippen molar-refractivity contribution in [2.24, 2.45) is 11.8 Å². The largest absolute Gasteiger partial charge is 0.481 e. The zero-order chi connectivity index (χ0) is 24.4. The van der Waals surface area contributed by atoms with Crippen molar-refractivity contribution in [1.82, 2.24) is 9.80 Å². The first-order chi connectivity index (χ1) is 17.0. The van der Waals surface area contributed by atoms with Crippen molar-refractivity contribution in [3.05, 3.63) is 59.2 Å². The van der Waals surface area contributed by atoms with Crippen LogP contribution in [0.15, 0.2) is 42.5 Å². The van der Waals surface area contributed by atoms with E-state index < -0.39 is 5.97 Å². The quantitative estimate of drug-likeness (QED) is 0.629. The molecule has 1 amide bonds. The summed E-state index contributed by atoms with van der Waals surface area (Å²) in [6.07, 6.45) is 7.45. The minimum Gasteiger partial charge on any atom is -0.481 e. The van der Waals surface area contributed by atoms with E-state index in [4.69, 9.17) is 0 Å².